The van der Waals surface area contributed by atoms with Gasteiger partial charge in [0.2, 0.25) is 0 Å². The van der Waals surface area contributed by atoms with Gasteiger partial charge in [0, 0.05) is 22.3 Å². The third kappa shape index (κ3) is 12.2. The molecule has 0 saturated carbocycles. The number of carbonyl (C=O) groups excluding carboxylic acids is 2. The summed E-state index contributed by atoms with van der Waals surface area (Å²) in [5, 5.41) is 9.99. The lowest BCUT2D eigenvalue weighted by Crippen LogP contribution is -2.42. The van der Waals surface area contributed by atoms with Crippen LogP contribution in [0.25, 0.3) is 0 Å². The summed E-state index contributed by atoms with van der Waals surface area (Å²) in [5.41, 5.74) is -0.489. The van der Waals surface area contributed by atoms with Crippen LogP contribution in [-0.4, -0.2) is 55.2 Å². The van der Waals surface area contributed by atoms with E-state index in [9.17, 15) is 14.7 Å². The van der Waals surface area contributed by atoms with E-state index in [4.69, 9.17) is 14.2 Å². The Morgan fingerprint density at radius 2 is 1.20 bits per heavy atom. The van der Waals surface area contributed by atoms with Crippen LogP contribution < -0.4 is 0 Å². The zero-order valence-corrected chi connectivity index (χ0v) is 21.3. The fraction of sp³-hybridized carbons (Fsp3) is 0.818. The smallest absolute Gasteiger partial charge is 0.368 e. The van der Waals surface area contributed by atoms with Crippen molar-refractivity contribution in [2.75, 3.05) is 0 Å². The lowest BCUT2D eigenvalue weighted by molar-refractivity contribution is -0.128. The molecule has 0 heterocycles. The van der Waals surface area contributed by atoms with Gasteiger partial charge in [-0.2, -0.15) is 0 Å². The predicted octanol–water partition coefficient (Wildman–Crippen LogP) is 5.95. The Balaban J connectivity index is 2.99. The van der Waals surface area contributed by atoms with Crippen LogP contribution in [0.15, 0.2) is 12.2 Å². The van der Waals surface area contributed by atoms with E-state index in [1.54, 1.807) is 12.2 Å². The largest absolute Gasteiger partial charge is 0.450 e. The minimum Gasteiger partial charge on any atom is -0.450 e. The van der Waals surface area contributed by atoms with Crippen molar-refractivity contribution in [1.82, 2.24) is 0 Å². The number of thioether (sulfide) groups is 2. The van der Waals surface area contributed by atoms with Gasteiger partial charge in [0.05, 0.1) is 17.8 Å². The molecule has 0 fully saturated rings. The molecule has 0 radical (unpaired) electrons. The first kappa shape index (κ1) is 27.3. The molecule has 1 aliphatic rings. The molecular formula is C22H38O6S2. The molecule has 4 unspecified atom stereocenters. The van der Waals surface area contributed by atoms with Crippen LogP contribution in [0.2, 0.25) is 0 Å². The van der Waals surface area contributed by atoms with E-state index in [-0.39, 0.29) is 15.9 Å². The average molecular weight is 463 g/mol. The Hall–Kier alpha value is -0.700. The fourth-order valence-corrected chi connectivity index (χ4v) is 4.08. The van der Waals surface area contributed by atoms with Gasteiger partial charge in [0.15, 0.2) is 0 Å². The maximum Gasteiger partial charge on any atom is 0.368 e. The first-order valence-electron chi connectivity index (χ1n) is 10.3. The molecule has 174 valence electrons. The van der Waals surface area contributed by atoms with Crippen LogP contribution in [0.3, 0.4) is 0 Å². The Kier molecular flexibility index (Phi) is 9.79. The molecule has 0 aliphatic heterocycles. The van der Waals surface area contributed by atoms with Crippen molar-refractivity contribution in [2.24, 2.45) is 0 Å². The SMILES string of the molecule is CC(C)(C)OC1CC(OC(=O)SC(C)(C)C)/C=C/C(OC(=O)SC(C)(C)C)CC1O. The molecule has 4 atom stereocenters. The van der Waals surface area contributed by atoms with Crippen molar-refractivity contribution in [1.29, 1.82) is 0 Å². The van der Waals surface area contributed by atoms with Crippen LogP contribution in [0.1, 0.15) is 75.2 Å². The zero-order valence-electron chi connectivity index (χ0n) is 19.7. The molecule has 30 heavy (non-hydrogen) atoms. The monoisotopic (exact) mass is 462 g/mol. The van der Waals surface area contributed by atoms with E-state index >= 15 is 0 Å². The maximum absolute atomic E-state index is 12.3. The number of hydrogen-bond donors (Lipinski definition) is 1. The Bertz CT molecular complexity index is 613. The second-order valence-corrected chi connectivity index (χ2v) is 14.0. The fourth-order valence-electron chi connectivity index (χ4n) is 2.73. The van der Waals surface area contributed by atoms with Crippen molar-refractivity contribution < 1.29 is 28.9 Å². The van der Waals surface area contributed by atoms with Gasteiger partial charge in [-0.05, 0) is 56.4 Å². The first-order chi connectivity index (χ1) is 13.4. The summed E-state index contributed by atoms with van der Waals surface area (Å²) in [7, 11) is 0. The van der Waals surface area contributed by atoms with Crippen LogP contribution in [0.4, 0.5) is 9.59 Å². The molecular weight excluding hydrogens is 424 g/mol. The predicted molar refractivity (Wildman–Crippen MR) is 124 cm³/mol. The molecule has 6 nitrogen and oxygen atoms in total. The number of hydrogen-bond acceptors (Lipinski definition) is 8. The van der Waals surface area contributed by atoms with Gasteiger partial charge in [-0.3, -0.25) is 0 Å². The van der Waals surface area contributed by atoms with E-state index in [0.717, 1.165) is 23.5 Å². The summed E-state index contributed by atoms with van der Waals surface area (Å²) in [4.78, 5) is 24.6. The standard InChI is InChI=1S/C22H38O6S2/c1-20(2,3)28-17-13-15(27-19(25)30-22(7,8)9)11-10-14(12-16(17)23)26-18(24)29-21(4,5)6/h10-11,14-17,23H,12-13H2,1-9H3/b11-10+. The van der Waals surface area contributed by atoms with Crippen LogP contribution in [0, 0.1) is 0 Å². The molecule has 1 rings (SSSR count). The highest BCUT2D eigenvalue weighted by Gasteiger charge is 2.34. The molecule has 1 aliphatic carbocycles. The van der Waals surface area contributed by atoms with Gasteiger partial charge in [-0.15, -0.1) is 0 Å². The summed E-state index contributed by atoms with van der Waals surface area (Å²) in [6.45, 7) is 17.3. The highest BCUT2D eigenvalue weighted by atomic mass is 32.2. The second-order valence-electron chi connectivity index (χ2n) is 10.4. The van der Waals surface area contributed by atoms with E-state index in [1.807, 2.05) is 62.3 Å². The van der Waals surface area contributed by atoms with Crippen LogP contribution in [-0.2, 0) is 14.2 Å². The summed E-state index contributed by atoms with van der Waals surface area (Å²) in [6, 6.07) is 0. The van der Waals surface area contributed by atoms with Gasteiger partial charge in [-0.1, -0.05) is 41.5 Å². The van der Waals surface area contributed by atoms with Crippen LogP contribution >= 0.6 is 23.5 Å². The van der Waals surface area contributed by atoms with Crippen molar-refractivity contribution in [3.05, 3.63) is 12.2 Å². The molecule has 0 spiro atoms. The molecule has 0 aromatic carbocycles. The molecule has 0 aromatic rings. The summed E-state index contributed by atoms with van der Waals surface area (Å²) in [6.07, 6.45) is 1.29. The second kappa shape index (κ2) is 10.7. The van der Waals surface area contributed by atoms with E-state index in [0.29, 0.717) is 6.42 Å². The number of ether oxygens (including phenoxy) is 3. The van der Waals surface area contributed by atoms with Crippen molar-refractivity contribution >= 4 is 34.1 Å². The number of rotatable bonds is 3. The minimum atomic E-state index is -0.872. The van der Waals surface area contributed by atoms with Crippen molar-refractivity contribution in [2.45, 2.75) is 115 Å². The maximum atomic E-state index is 12.3. The van der Waals surface area contributed by atoms with E-state index in [2.05, 4.69) is 0 Å². The third-order valence-corrected chi connectivity index (χ3v) is 5.44. The lowest BCUT2D eigenvalue weighted by Gasteiger charge is -2.35. The summed E-state index contributed by atoms with van der Waals surface area (Å²) >= 11 is 2.20. The van der Waals surface area contributed by atoms with Gasteiger partial charge < -0.3 is 19.3 Å². The average Bonchev–Trinajstić information content (AvgIpc) is 2.45. The van der Waals surface area contributed by atoms with Gasteiger partial charge in [0.1, 0.15) is 12.2 Å². The topological polar surface area (TPSA) is 82.1 Å². The Morgan fingerprint density at radius 3 is 1.57 bits per heavy atom. The van der Waals surface area contributed by atoms with Gasteiger partial charge >= 0.3 is 10.6 Å². The number of carbonyl (C=O) groups is 2. The van der Waals surface area contributed by atoms with Crippen molar-refractivity contribution in [3.8, 4) is 0 Å². The van der Waals surface area contributed by atoms with Crippen LogP contribution in [0.5, 0.6) is 0 Å². The quantitative estimate of drug-likeness (QED) is 0.407. The molecule has 0 bridgehead atoms. The normalized spacial score (nSPS) is 27.0. The van der Waals surface area contributed by atoms with Crippen molar-refractivity contribution in [3.63, 3.8) is 0 Å². The van der Waals surface area contributed by atoms with E-state index < -0.39 is 40.6 Å². The summed E-state index contributed by atoms with van der Waals surface area (Å²) < 4.78 is 16.7. The molecule has 8 heteroatoms. The summed E-state index contributed by atoms with van der Waals surface area (Å²) in [5.74, 6) is 0. The molecule has 0 saturated heterocycles. The molecule has 0 amide bonds. The van der Waals surface area contributed by atoms with Gasteiger partial charge in [-0.25, -0.2) is 9.59 Å². The molecule has 0 aromatic heterocycles. The Labute approximate surface area is 189 Å². The third-order valence-electron chi connectivity index (χ3n) is 3.69. The first-order valence-corrected chi connectivity index (χ1v) is 11.9. The number of aliphatic hydroxyl groups excluding tert-OH is 1. The van der Waals surface area contributed by atoms with Gasteiger partial charge in [0.25, 0.3) is 0 Å². The van der Waals surface area contributed by atoms with E-state index in [1.165, 1.54) is 0 Å². The Morgan fingerprint density at radius 1 is 0.800 bits per heavy atom. The molecule has 1 N–H and O–H groups in total. The highest BCUT2D eigenvalue weighted by molar-refractivity contribution is 8.14. The zero-order chi connectivity index (χ0) is 23.3. The number of aliphatic hydroxyl groups is 1. The minimum absolute atomic E-state index is 0.213. The lowest BCUT2D eigenvalue weighted by atomic mass is 9.96. The highest BCUT2D eigenvalue weighted by Crippen LogP contribution is 2.30.